The predicted molar refractivity (Wildman–Crippen MR) is 66.8 cm³/mol. The van der Waals surface area contributed by atoms with Gasteiger partial charge < -0.3 is 15.7 Å². The number of carbonyl (C=O) groups excluding carboxylic acids is 1. The van der Waals surface area contributed by atoms with Crippen molar-refractivity contribution >= 4 is 12.0 Å². The number of rotatable bonds is 6. The minimum Gasteiger partial charge on any atom is -0.480 e. The van der Waals surface area contributed by atoms with Crippen LogP contribution in [0.25, 0.3) is 0 Å². The number of aliphatic carboxylic acids is 1. The molecule has 0 saturated heterocycles. The van der Waals surface area contributed by atoms with Crippen molar-refractivity contribution in [2.24, 2.45) is 11.8 Å². The molecule has 2 amide bonds. The molecule has 0 radical (unpaired) electrons. The van der Waals surface area contributed by atoms with E-state index in [1.165, 1.54) is 0 Å². The molecule has 0 fully saturated rings. The van der Waals surface area contributed by atoms with E-state index >= 15 is 0 Å². The van der Waals surface area contributed by atoms with E-state index in [0.717, 1.165) is 6.42 Å². The van der Waals surface area contributed by atoms with Crippen molar-refractivity contribution in [3.05, 3.63) is 0 Å². The van der Waals surface area contributed by atoms with E-state index in [1.54, 1.807) is 13.8 Å². The molecule has 0 saturated carbocycles. The van der Waals surface area contributed by atoms with Crippen LogP contribution in [0.2, 0.25) is 0 Å². The van der Waals surface area contributed by atoms with Gasteiger partial charge in [0.25, 0.3) is 0 Å². The first-order valence-electron chi connectivity index (χ1n) is 6.09. The van der Waals surface area contributed by atoms with Crippen LogP contribution in [-0.2, 0) is 4.79 Å². The smallest absolute Gasteiger partial charge is 0.326 e. The molecule has 0 aliphatic heterocycles. The maximum absolute atomic E-state index is 11.7. The number of hydrogen-bond acceptors (Lipinski definition) is 2. The van der Waals surface area contributed by atoms with Gasteiger partial charge in [0.2, 0.25) is 0 Å². The fraction of sp³-hybridized carbons (Fsp3) is 0.833. The lowest BCUT2D eigenvalue weighted by Gasteiger charge is -2.23. The van der Waals surface area contributed by atoms with Gasteiger partial charge in [-0.25, -0.2) is 9.59 Å². The van der Waals surface area contributed by atoms with E-state index in [1.807, 2.05) is 20.8 Å². The largest absolute Gasteiger partial charge is 0.480 e. The van der Waals surface area contributed by atoms with Crippen LogP contribution in [0.3, 0.4) is 0 Å². The van der Waals surface area contributed by atoms with E-state index in [0.29, 0.717) is 5.92 Å². The molecule has 0 heterocycles. The normalized spacial score (nSPS) is 14.5. The predicted octanol–water partition coefficient (Wildman–Crippen LogP) is 1.83. The average Bonchev–Trinajstić information content (AvgIpc) is 2.21. The van der Waals surface area contributed by atoms with Gasteiger partial charge in [-0.3, -0.25) is 0 Å². The van der Waals surface area contributed by atoms with Gasteiger partial charge in [-0.15, -0.1) is 0 Å². The Morgan fingerprint density at radius 3 is 1.88 bits per heavy atom. The molecule has 0 bridgehead atoms. The average molecular weight is 244 g/mol. The van der Waals surface area contributed by atoms with Crippen LogP contribution in [0.15, 0.2) is 0 Å². The van der Waals surface area contributed by atoms with E-state index in [-0.39, 0.29) is 12.0 Å². The number of amides is 2. The second kappa shape index (κ2) is 7.14. The molecule has 0 aromatic rings. The summed E-state index contributed by atoms with van der Waals surface area (Å²) in [5, 5.41) is 14.2. The second-order valence-electron chi connectivity index (χ2n) is 4.94. The lowest BCUT2D eigenvalue weighted by Crippen LogP contribution is -2.51. The third-order valence-corrected chi connectivity index (χ3v) is 2.78. The minimum absolute atomic E-state index is 0.0663. The Kier molecular flexibility index (Phi) is 6.61. The molecule has 5 heteroatoms. The lowest BCUT2D eigenvalue weighted by molar-refractivity contribution is -0.140. The Hall–Kier alpha value is -1.26. The van der Waals surface area contributed by atoms with Gasteiger partial charge in [-0.2, -0.15) is 0 Å². The fourth-order valence-electron chi connectivity index (χ4n) is 1.60. The molecule has 100 valence electrons. The third-order valence-electron chi connectivity index (χ3n) is 2.78. The van der Waals surface area contributed by atoms with Gasteiger partial charge in [0.1, 0.15) is 6.04 Å². The Morgan fingerprint density at radius 2 is 1.59 bits per heavy atom. The van der Waals surface area contributed by atoms with Crippen molar-refractivity contribution in [2.45, 2.75) is 53.1 Å². The molecule has 0 aliphatic rings. The summed E-state index contributed by atoms with van der Waals surface area (Å²) in [5.74, 6) is -0.821. The topological polar surface area (TPSA) is 78.4 Å². The Balaban J connectivity index is 4.37. The van der Waals surface area contributed by atoms with Gasteiger partial charge in [0.05, 0.1) is 0 Å². The first kappa shape index (κ1) is 15.7. The number of carbonyl (C=O) groups is 2. The van der Waals surface area contributed by atoms with Crippen molar-refractivity contribution in [1.29, 1.82) is 0 Å². The van der Waals surface area contributed by atoms with Crippen LogP contribution in [0.4, 0.5) is 4.79 Å². The second-order valence-corrected chi connectivity index (χ2v) is 4.94. The maximum atomic E-state index is 11.7. The Morgan fingerprint density at radius 1 is 1.06 bits per heavy atom. The zero-order valence-electron chi connectivity index (χ0n) is 11.3. The summed E-state index contributed by atoms with van der Waals surface area (Å²) >= 11 is 0. The molecule has 0 aromatic carbocycles. The maximum Gasteiger partial charge on any atom is 0.326 e. The first-order valence-corrected chi connectivity index (χ1v) is 6.09. The monoisotopic (exact) mass is 244 g/mol. The summed E-state index contributed by atoms with van der Waals surface area (Å²) < 4.78 is 0. The van der Waals surface area contributed by atoms with Crippen LogP contribution in [0.1, 0.15) is 41.0 Å². The van der Waals surface area contributed by atoms with Crippen molar-refractivity contribution in [3.63, 3.8) is 0 Å². The highest BCUT2D eigenvalue weighted by Gasteiger charge is 2.24. The lowest BCUT2D eigenvalue weighted by atomic mass is 10.0. The molecule has 3 N–H and O–H groups in total. The summed E-state index contributed by atoms with van der Waals surface area (Å²) in [6.45, 7) is 9.55. The van der Waals surface area contributed by atoms with E-state index in [2.05, 4.69) is 10.6 Å². The summed E-state index contributed by atoms with van der Waals surface area (Å²) in [7, 11) is 0. The first-order chi connectivity index (χ1) is 7.79. The van der Waals surface area contributed by atoms with Crippen LogP contribution in [0.5, 0.6) is 0 Å². The quantitative estimate of drug-likeness (QED) is 0.667. The highest BCUT2D eigenvalue weighted by molar-refractivity contribution is 5.82. The Bertz CT molecular complexity index is 264. The van der Waals surface area contributed by atoms with Crippen LogP contribution in [0, 0.1) is 11.8 Å². The summed E-state index contributed by atoms with van der Waals surface area (Å²) in [6, 6.07) is -1.19. The van der Waals surface area contributed by atoms with Crippen LogP contribution >= 0.6 is 0 Å². The number of urea groups is 1. The molecule has 0 aromatic heterocycles. The van der Waals surface area contributed by atoms with Crippen molar-refractivity contribution in [3.8, 4) is 0 Å². The number of carboxylic acids is 1. The van der Waals surface area contributed by atoms with Crippen molar-refractivity contribution < 1.29 is 14.7 Å². The molecular weight excluding hydrogens is 220 g/mol. The molecule has 0 aliphatic carbocycles. The highest BCUT2D eigenvalue weighted by atomic mass is 16.4. The number of hydrogen-bond donors (Lipinski definition) is 3. The van der Waals surface area contributed by atoms with Crippen LogP contribution < -0.4 is 10.6 Å². The molecule has 0 spiro atoms. The molecule has 0 rings (SSSR count). The van der Waals surface area contributed by atoms with Crippen LogP contribution in [-0.4, -0.2) is 29.2 Å². The SMILES string of the molecule is CCC(NC(=O)NC(C(=O)O)C(C)C)C(C)C. The highest BCUT2D eigenvalue weighted by Crippen LogP contribution is 2.06. The number of nitrogens with one attached hydrogen (secondary N) is 2. The summed E-state index contributed by atoms with van der Waals surface area (Å²) in [6.07, 6.45) is 0.824. The van der Waals surface area contributed by atoms with Gasteiger partial charge in [0, 0.05) is 6.04 Å². The fourth-order valence-corrected chi connectivity index (χ4v) is 1.60. The van der Waals surface area contributed by atoms with Gasteiger partial charge in [0.15, 0.2) is 0 Å². The minimum atomic E-state index is -1.01. The third kappa shape index (κ3) is 5.56. The van der Waals surface area contributed by atoms with Crippen molar-refractivity contribution in [2.75, 3.05) is 0 Å². The van der Waals surface area contributed by atoms with Gasteiger partial charge in [-0.05, 0) is 18.3 Å². The van der Waals surface area contributed by atoms with E-state index in [4.69, 9.17) is 5.11 Å². The molecular formula is C12H24N2O3. The molecule has 2 unspecified atom stereocenters. The van der Waals surface area contributed by atoms with Gasteiger partial charge in [-0.1, -0.05) is 34.6 Å². The summed E-state index contributed by atoms with van der Waals surface area (Å²) in [5.41, 5.74) is 0. The zero-order chi connectivity index (χ0) is 13.6. The van der Waals surface area contributed by atoms with E-state index in [9.17, 15) is 9.59 Å². The number of carboxylic acid groups (broad SMARTS) is 1. The van der Waals surface area contributed by atoms with Gasteiger partial charge >= 0.3 is 12.0 Å². The zero-order valence-corrected chi connectivity index (χ0v) is 11.3. The van der Waals surface area contributed by atoms with E-state index < -0.39 is 18.0 Å². The van der Waals surface area contributed by atoms with Crippen molar-refractivity contribution in [1.82, 2.24) is 10.6 Å². The summed E-state index contributed by atoms with van der Waals surface area (Å²) in [4.78, 5) is 22.6. The molecule has 17 heavy (non-hydrogen) atoms. The Labute approximate surface area is 103 Å². The molecule has 5 nitrogen and oxygen atoms in total. The standard InChI is InChI=1S/C12H24N2O3/c1-6-9(7(2)3)13-12(17)14-10(8(4)5)11(15)16/h7-10H,6H2,1-5H3,(H,15,16)(H2,13,14,17). The molecule has 2 atom stereocenters.